The molecule has 1 rings (SSSR count). The van der Waals surface area contributed by atoms with Gasteiger partial charge < -0.3 is 10.4 Å². The second-order valence-electron chi connectivity index (χ2n) is 4.80. The standard InChI is InChI=1S/C12H15FN2O4/c1-12(2,7-6-10(16)17)14-9-5-3-4-8(13)11(9)15(18)19/h3-5,14H,6-7H2,1-2H3,(H,16,17). The number of rotatable bonds is 6. The lowest BCUT2D eigenvalue weighted by Gasteiger charge is -2.26. The number of nitro groups is 1. The first-order valence-electron chi connectivity index (χ1n) is 5.66. The van der Waals surface area contributed by atoms with E-state index in [0.29, 0.717) is 0 Å². The van der Waals surface area contributed by atoms with Gasteiger partial charge in [0, 0.05) is 12.0 Å². The zero-order valence-electron chi connectivity index (χ0n) is 10.6. The number of nitrogens with zero attached hydrogens (tertiary/aromatic N) is 1. The predicted octanol–water partition coefficient (Wildman–Crippen LogP) is 2.79. The van der Waals surface area contributed by atoms with Gasteiger partial charge in [-0.1, -0.05) is 6.07 Å². The second-order valence-corrected chi connectivity index (χ2v) is 4.80. The highest BCUT2D eigenvalue weighted by Gasteiger charge is 2.25. The van der Waals surface area contributed by atoms with Crippen LogP contribution >= 0.6 is 0 Å². The quantitative estimate of drug-likeness (QED) is 0.612. The summed E-state index contributed by atoms with van der Waals surface area (Å²) in [5.74, 6) is -1.88. The fourth-order valence-electron chi connectivity index (χ4n) is 1.65. The van der Waals surface area contributed by atoms with E-state index in [1.54, 1.807) is 13.8 Å². The Labute approximate surface area is 109 Å². The molecule has 1 aromatic rings. The number of hydrogen-bond acceptors (Lipinski definition) is 4. The molecule has 19 heavy (non-hydrogen) atoms. The Morgan fingerprint density at radius 2 is 2.16 bits per heavy atom. The van der Waals surface area contributed by atoms with Crippen LogP contribution in [0.5, 0.6) is 0 Å². The van der Waals surface area contributed by atoms with Crippen LogP contribution in [-0.2, 0) is 4.79 Å². The minimum Gasteiger partial charge on any atom is -0.481 e. The molecule has 0 atom stereocenters. The molecule has 104 valence electrons. The molecule has 1 aromatic carbocycles. The summed E-state index contributed by atoms with van der Waals surface area (Å²) in [6, 6.07) is 3.76. The molecule has 0 aliphatic rings. The van der Waals surface area contributed by atoms with Crippen LogP contribution in [0, 0.1) is 15.9 Å². The third-order valence-corrected chi connectivity index (χ3v) is 2.61. The van der Waals surface area contributed by atoms with Crippen LogP contribution in [0.1, 0.15) is 26.7 Å². The van der Waals surface area contributed by atoms with Gasteiger partial charge in [-0.05, 0) is 32.4 Å². The Balaban J connectivity index is 2.95. The highest BCUT2D eigenvalue weighted by atomic mass is 19.1. The molecule has 6 nitrogen and oxygen atoms in total. The van der Waals surface area contributed by atoms with Gasteiger partial charge in [-0.15, -0.1) is 0 Å². The molecule has 0 spiro atoms. The number of nitrogens with one attached hydrogen (secondary N) is 1. The van der Waals surface area contributed by atoms with Gasteiger partial charge in [0.1, 0.15) is 5.69 Å². The minimum absolute atomic E-state index is 0.0420. The van der Waals surface area contributed by atoms with Crippen molar-refractivity contribution in [3.8, 4) is 0 Å². The second kappa shape index (κ2) is 5.64. The van der Waals surface area contributed by atoms with Gasteiger partial charge in [0.05, 0.1) is 4.92 Å². The molecular weight excluding hydrogens is 255 g/mol. The number of para-hydroxylation sites is 1. The molecule has 0 amide bonds. The van der Waals surface area contributed by atoms with Crippen LogP contribution < -0.4 is 5.32 Å². The van der Waals surface area contributed by atoms with E-state index in [0.717, 1.165) is 6.07 Å². The number of hydrogen-bond donors (Lipinski definition) is 2. The Morgan fingerprint density at radius 3 is 2.68 bits per heavy atom. The van der Waals surface area contributed by atoms with Gasteiger partial charge in [0.25, 0.3) is 0 Å². The number of carboxylic acid groups (broad SMARTS) is 1. The summed E-state index contributed by atoms with van der Waals surface area (Å²) in [7, 11) is 0. The monoisotopic (exact) mass is 270 g/mol. The number of nitro benzene ring substituents is 1. The number of aliphatic carboxylic acids is 1. The van der Waals surface area contributed by atoms with Crippen molar-refractivity contribution in [2.45, 2.75) is 32.2 Å². The van der Waals surface area contributed by atoms with E-state index < -0.39 is 27.9 Å². The number of benzene rings is 1. The third kappa shape index (κ3) is 4.20. The van der Waals surface area contributed by atoms with Crippen molar-refractivity contribution in [3.05, 3.63) is 34.1 Å². The van der Waals surface area contributed by atoms with Gasteiger partial charge in [0.2, 0.25) is 5.82 Å². The van der Waals surface area contributed by atoms with Crippen LogP contribution in [0.25, 0.3) is 0 Å². The Kier molecular flexibility index (Phi) is 4.42. The number of carbonyl (C=O) groups is 1. The van der Waals surface area contributed by atoms with E-state index in [1.807, 2.05) is 0 Å². The average molecular weight is 270 g/mol. The molecule has 0 bridgehead atoms. The van der Waals surface area contributed by atoms with Crippen LogP contribution in [0.2, 0.25) is 0 Å². The minimum atomic E-state index is -0.955. The summed E-state index contributed by atoms with van der Waals surface area (Å²) in [6.45, 7) is 3.40. The van der Waals surface area contributed by atoms with Crippen molar-refractivity contribution >= 4 is 17.3 Å². The van der Waals surface area contributed by atoms with Crippen molar-refractivity contribution < 1.29 is 19.2 Å². The molecule has 0 aliphatic carbocycles. The van der Waals surface area contributed by atoms with Gasteiger partial charge in [-0.3, -0.25) is 14.9 Å². The zero-order valence-corrected chi connectivity index (χ0v) is 10.6. The molecule has 7 heteroatoms. The van der Waals surface area contributed by atoms with E-state index >= 15 is 0 Å². The molecule has 0 radical (unpaired) electrons. The molecular formula is C12H15FN2O4. The number of halogens is 1. The lowest BCUT2D eigenvalue weighted by atomic mass is 9.97. The molecule has 0 fully saturated rings. The lowest BCUT2D eigenvalue weighted by Crippen LogP contribution is -2.32. The largest absolute Gasteiger partial charge is 0.481 e. The summed E-state index contributed by atoms with van der Waals surface area (Å²) in [6.07, 6.45) is 0.180. The lowest BCUT2D eigenvalue weighted by molar-refractivity contribution is -0.386. The SMILES string of the molecule is CC(C)(CCC(=O)O)Nc1cccc(F)c1[N+](=O)[O-]. The smallest absolute Gasteiger partial charge is 0.327 e. The van der Waals surface area contributed by atoms with Crippen LogP contribution in [0.4, 0.5) is 15.8 Å². The van der Waals surface area contributed by atoms with Gasteiger partial charge in [0.15, 0.2) is 0 Å². The highest BCUT2D eigenvalue weighted by Crippen LogP contribution is 2.30. The maximum atomic E-state index is 13.4. The van der Waals surface area contributed by atoms with E-state index in [9.17, 15) is 19.3 Å². The van der Waals surface area contributed by atoms with E-state index in [-0.39, 0.29) is 18.5 Å². The number of anilines is 1. The molecule has 0 heterocycles. The summed E-state index contributed by atoms with van der Waals surface area (Å²) in [5, 5.41) is 22.3. The zero-order chi connectivity index (χ0) is 14.6. The summed E-state index contributed by atoms with van der Waals surface area (Å²) in [5.41, 5.74) is -1.29. The van der Waals surface area contributed by atoms with E-state index in [2.05, 4.69) is 5.32 Å². The Hall–Kier alpha value is -2.18. The topological polar surface area (TPSA) is 92.5 Å². The summed E-state index contributed by atoms with van der Waals surface area (Å²) in [4.78, 5) is 20.6. The van der Waals surface area contributed by atoms with Gasteiger partial charge in [-0.2, -0.15) is 4.39 Å². The van der Waals surface area contributed by atoms with Crippen molar-refractivity contribution in [2.75, 3.05) is 5.32 Å². The Bertz CT molecular complexity index is 503. The fraction of sp³-hybridized carbons (Fsp3) is 0.417. The highest BCUT2D eigenvalue weighted by molar-refractivity contribution is 5.67. The first kappa shape index (κ1) is 14.9. The molecule has 0 aliphatic heterocycles. The average Bonchev–Trinajstić information content (AvgIpc) is 2.25. The van der Waals surface area contributed by atoms with Crippen LogP contribution in [0.15, 0.2) is 18.2 Å². The van der Waals surface area contributed by atoms with Gasteiger partial charge in [-0.25, -0.2) is 0 Å². The first-order valence-corrected chi connectivity index (χ1v) is 5.66. The van der Waals surface area contributed by atoms with E-state index in [1.165, 1.54) is 12.1 Å². The van der Waals surface area contributed by atoms with Crippen molar-refractivity contribution in [3.63, 3.8) is 0 Å². The van der Waals surface area contributed by atoms with E-state index in [4.69, 9.17) is 5.11 Å². The summed E-state index contributed by atoms with van der Waals surface area (Å²) < 4.78 is 13.4. The molecule has 0 unspecified atom stereocenters. The maximum absolute atomic E-state index is 13.4. The van der Waals surface area contributed by atoms with Crippen molar-refractivity contribution in [2.24, 2.45) is 0 Å². The third-order valence-electron chi connectivity index (χ3n) is 2.61. The molecule has 0 aromatic heterocycles. The first-order chi connectivity index (χ1) is 8.73. The van der Waals surface area contributed by atoms with Crippen molar-refractivity contribution in [1.29, 1.82) is 0 Å². The fourth-order valence-corrected chi connectivity index (χ4v) is 1.65. The van der Waals surface area contributed by atoms with Crippen LogP contribution in [0.3, 0.4) is 0 Å². The molecule has 2 N–H and O–H groups in total. The molecule has 0 saturated carbocycles. The maximum Gasteiger partial charge on any atom is 0.327 e. The van der Waals surface area contributed by atoms with Crippen molar-refractivity contribution in [1.82, 2.24) is 0 Å². The number of carboxylic acids is 1. The summed E-state index contributed by atoms with van der Waals surface area (Å²) >= 11 is 0. The Morgan fingerprint density at radius 1 is 1.53 bits per heavy atom. The van der Waals surface area contributed by atoms with Crippen LogP contribution in [-0.4, -0.2) is 21.5 Å². The van der Waals surface area contributed by atoms with Gasteiger partial charge >= 0.3 is 11.7 Å². The predicted molar refractivity (Wildman–Crippen MR) is 67.6 cm³/mol. The normalized spacial score (nSPS) is 11.1. The molecule has 0 saturated heterocycles.